The quantitative estimate of drug-likeness (QED) is 0.700. The Hall–Kier alpha value is -2.28. The van der Waals surface area contributed by atoms with Gasteiger partial charge in [0.1, 0.15) is 0 Å². The fourth-order valence-corrected chi connectivity index (χ4v) is 2.93. The summed E-state index contributed by atoms with van der Waals surface area (Å²) < 4.78 is 16.3. The highest BCUT2D eigenvalue weighted by molar-refractivity contribution is 5.81. The molecule has 26 heavy (non-hydrogen) atoms. The van der Waals surface area contributed by atoms with Gasteiger partial charge in [0.2, 0.25) is 5.91 Å². The van der Waals surface area contributed by atoms with Crippen LogP contribution in [0.25, 0.3) is 0 Å². The highest BCUT2D eigenvalue weighted by Gasteiger charge is 2.30. The van der Waals surface area contributed by atoms with Crippen molar-refractivity contribution >= 4 is 11.8 Å². The van der Waals surface area contributed by atoms with Gasteiger partial charge in [-0.1, -0.05) is 19.1 Å². The third-order valence-electron chi connectivity index (χ3n) is 4.36. The summed E-state index contributed by atoms with van der Waals surface area (Å²) in [5.74, 6) is 0.961. The standard InChI is InChI=1S/C19H28N2O5/c1-4-9-20(2)18(22)12-15-13-25-11-10-21(15)19(23)14-26-17-8-6-5-7-16(17)24-3/h5-8,15H,4,9-14H2,1-3H3/t15-/m1/s1. The number of morpholine rings is 1. The zero-order valence-corrected chi connectivity index (χ0v) is 15.8. The topological polar surface area (TPSA) is 68.3 Å². The van der Waals surface area contributed by atoms with Gasteiger partial charge < -0.3 is 24.0 Å². The predicted octanol–water partition coefficient (Wildman–Crippen LogP) is 1.56. The van der Waals surface area contributed by atoms with Crippen LogP contribution in [-0.4, -0.2) is 74.7 Å². The molecule has 0 bridgehead atoms. The maximum atomic E-state index is 12.6. The SMILES string of the molecule is CCCN(C)C(=O)C[C@@H]1COCCN1C(=O)COc1ccccc1OC. The molecule has 144 valence electrons. The van der Waals surface area contributed by atoms with Crippen molar-refractivity contribution in [1.82, 2.24) is 9.80 Å². The molecule has 1 aromatic carbocycles. The Balaban J connectivity index is 1.95. The van der Waals surface area contributed by atoms with Gasteiger partial charge in [-0.25, -0.2) is 0 Å². The number of rotatable bonds is 8. The van der Waals surface area contributed by atoms with Crippen LogP contribution in [0.1, 0.15) is 19.8 Å². The van der Waals surface area contributed by atoms with Crippen molar-refractivity contribution < 1.29 is 23.8 Å². The first kappa shape index (κ1) is 20.0. The highest BCUT2D eigenvalue weighted by Crippen LogP contribution is 2.25. The lowest BCUT2D eigenvalue weighted by Crippen LogP contribution is -2.52. The number of amides is 2. The van der Waals surface area contributed by atoms with Gasteiger partial charge >= 0.3 is 0 Å². The Kier molecular flexibility index (Phi) is 7.72. The average Bonchev–Trinajstić information content (AvgIpc) is 2.66. The third kappa shape index (κ3) is 5.36. The molecule has 1 aliphatic heterocycles. The molecule has 1 fully saturated rings. The highest BCUT2D eigenvalue weighted by atomic mass is 16.5. The minimum absolute atomic E-state index is 0.0193. The summed E-state index contributed by atoms with van der Waals surface area (Å²) in [6.07, 6.45) is 1.16. The molecule has 0 aromatic heterocycles. The van der Waals surface area contributed by atoms with Gasteiger partial charge in [-0.2, -0.15) is 0 Å². The number of ether oxygens (including phenoxy) is 3. The fourth-order valence-electron chi connectivity index (χ4n) is 2.93. The summed E-state index contributed by atoms with van der Waals surface area (Å²) in [6, 6.07) is 6.93. The van der Waals surface area contributed by atoms with Gasteiger partial charge in [0.15, 0.2) is 18.1 Å². The van der Waals surface area contributed by atoms with Gasteiger partial charge in [0, 0.05) is 26.6 Å². The van der Waals surface area contributed by atoms with E-state index < -0.39 is 0 Å². The summed E-state index contributed by atoms with van der Waals surface area (Å²) in [5, 5.41) is 0. The first-order valence-electron chi connectivity index (χ1n) is 8.93. The van der Waals surface area contributed by atoms with Gasteiger partial charge in [-0.05, 0) is 18.6 Å². The summed E-state index contributed by atoms with van der Waals surface area (Å²) in [5.41, 5.74) is 0. The van der Waals surface area contributed by atoms with Crippen LogP contribution in [0.5, 0.6) is 11.5 Å². The second kappa shape index (κ2) is 10.0. The van der Waals surface area contributed by atoms with E-state index in [1.54, 1.807) is 36.1 Å². The molecule has 1 aromatic rings. The maximum Gasteiger partial charge on any atom is 0.260 e. The molecular weight excluding hydrogens is 336 g/mol. The molecule has 2 rings (SSSR count). The number of carbonyl (C=O) groups excluding carboxylic acids is 2. The van der Waals surface area contributed by atoms with Gasteiger partial charge in [-0.3, -0.25) is 9.59 Å². The van der Waals surface area contributed by atoms with E-state index in [4.69, 9.17) is 14.2 Å². The monoisotopic (exact) mass is 364 g/mol. The molecule has 1 saturated heterocycles. The first-order chi connectivity index (χ1) is 12.6. The molecule has 1 aliphatic rings. The molecular formula is C19H28N2O5. The lowest BCUT2D eigenvalue weighted by molar-refractivity contribution is -0.145. The van der Waals surface area contributed by atoms with Crippen molar-refractivity contribution in [2.75, 3.05) is 47.1 Å². The van der Waals surface area contributed by atoms with E-state index in [1.165, 1.54) is 0 Å². The van der Waals surface area contributed by atoms with E-state index in [1.807, 2.05) is 19.1 Å². The summed E-state index contributed by atoms with van der Waals surface area (Å²) in [7, 11) is 3.34. The normalized spacial score (nSPS) is 16.9. The smallest absolute Gasteiger partial charge is 0.260 e. The molecule has 0 unspecified atom stereocenters. The van der Waals surface area contributed by atoms with E-state index in [2.05, 4.69) is 0 Å². The lowest BCUT2D eigenvalue weighted by Gasteiger charge is -2.36. The largest absolute Gasteiger partial charge is 0.493 e. The number of hydrogen-bond donors (Lipinski definition) is 0. The number of benzene rings is 1. The van der Waals surface area contributed by atoms with Crippen molar-refractivity contribution in [2.45, 2.75) is 25.8 Å². The Labute approximate surface area is 154 Å². The fraction of sp³-hybridized carbons (Fsp3) is 0.579. The van der Waals surface area contributed by atoms with Crippen LogP contribution < -0.4 is 9.47 Å². The Bertz CT molecular complexity index is 607. The van der Waals surface area contributed by atoms with Crippen molar-refractivity contribution in [2.24, 2.45) is 0 Å². The van der Waals surface area contributed by atoms with Crippen LogP contribution in [0.4, 0.5) is 0 Å². The number of carbonyl (C=O) groups is 2. The van der Waals surface area contributed by atoms with Crippen molar-refractivity contribution in [3.63, 3.8) is 0 Å². The maximum absolute atomic E-state index is 12.6. The molecule has 2 amide bonds. The molecule has 7 nitrogen and oxygen atoms in total. The Morgan fingerprint density at radius 2 is 2.04 bits per heavy atom. The number of methoxy groups -OCH3 is 1. The van der Waals surface area contributed by atoms with Crippen molar-refractivity contribution in [3.05, 3.63) is 24.3 Å². The Morgan fingerprint density at radius 1 is 1.31 bits per heavy atom. The van der Waals surface area contributed by atoms with Crippen molar-refractivity contribution in [3.8, 4) is 11.5 Å². The second-order valence-corrected chi connectivity index (χ2v) is 6.27. The van der Waals surface area contributed by atoms with Crippen molar-refractivity contribution in [1.29, 1.82) is 0 Å². The number of para-hydroxylation sites is 2. The van der Waals surface area contributed by atoms with Gasteiger partial charge in [0.25, 0.3) is 5.91 Å². The van der Waals surface area contributed by atoms with E-state index in [0.717, 1.165) is 6.42 Å². The molecule has 0 saturated carbocycles. The van der Waals surface area contributed by atoms with Crippen LogP contribution in [0, 0.1) is 0 Å². The van der Waals surface area contributed by atoms with Crippen LogP contribution in [-0.2, 0) is 14.3 Å². The summed E-state index contributed by atoms with van der Waals surface area (Å²) in [6.45, 7) is 3.93. The van der Waals surface area contributed by atoms with Crippen LogP contribution in [0.3, 0.4) is 0 Å². The number of nitrogens with zero attached hydrogens (tertiary/aromatic N) is 2. The summed E-state index contributed by atoms with van der Waals surface area (Å²) in [4.78, 5) is 28.3. The van der Waals surface area contributed by atoms with Crippen LogP contribution in [0.15, 0.2) is 24.3 Å². The average molecular weight is 364 g/mol. The lowest BCUT2D eigenvalue weighted by atomic mass is 10.1. The van der Waals surface area contributed by atoms with E-state index in [-0.39, 0.29) is 30.9 Å². The van der Waals surface area contributed by atoms with E-state index in [0.29, 0.717) is 37.8 Å². The van der Waals surface area contributed by atoms with Gasteiger partial charge in [-0.15, -0.1) is 0 Å². The van der Waals surface area contributed by atoms with Crippen LogP contribution in [0.2, 0.25) is 0 Å². The minimum Gasteiger partial charge on any atom is -0.493 e. The zero-order valence-electron chi connectivity index (χ0n) is 15.8. The second-order valence-electron chi connectivity index (χ2n) is 6.27. The minimum atomic E-state index is -0.260. The van der Waals surface area contributed by atoms with E-state index in [9.17, 15) is 9.59 Å². The Morgan fingerprint density at radius 3 is 2.73 bits per heavy atom. The summed E-state index contributed by atoms with van der Waals surface area (Å²) >= 11 is 0. The third-order valence-corrected chi connectivity index (χ3v) is 4.36. The molecule has 0 aliphatic carbocycles. The van der Waals surface area contributed by atoms with Gasteiger partial charge in [0.05, 0.1) is 26.4 Å². The van der Waals surface area contributed by atoms with E-state index >= 15 is 0 Å². The number of hydrogen-bond acceptors (Lipinski definition) is 5. The molecule has 0 N–H and O–H groups in total. The van der Waals surface area contributed by atoms with Crippen LogP contribution >= 0.6 is 0 Å². The molecule has 1 heterocycles. The predicted molar refractivity (Wildman–Crippen MR) is 97.4 cm³/mol. The molecule has 0 radical (unpaired) electrons. The first-order valence-corrected chi connectivity index (χ1v) is 8.93. The molecule has 7 heteroatoms. The molecule has 1 atom stereocenters. The zero-order chi connectivity index (χ0) is 18.9. The molecule has 0 spiro atoms.